The number of carbonyl (C=O) groups excluding carboxylic acids is 3. The number of benzene rings is 1. The summed E-state index contributed by atoms with van der Waals surface area (Å²) in [6.07, 6.45) is 1.46. The summed E-state index contributed by atoms with van der Waals surface area (Å²) in [6, 6.07) is 2.24. The normalized spacial score (nSPS) is 13.4. The zero-order chi connectivity index (χ0) is 14.9. The Hall–Kier alpha value is -2.21. The fourth-order valence-electron chi connectivity index (χ4n) is 1.89. The van der Waals surface area contributed by atoms with Gasteiger partial charge >= 0.3 is 0 Å². The number of Topliss-reactive ketones (excluding diaryl/α,β-unsaturated/α-hetero) is 1. The highest BCUT2D eigenvalue weighted by molar-refractivity contribution is 6.55. The molecule has 1 aromatic carbocycles. The molecule has 7 heteroatoms. The molecular formula is C13H10ClFN2O3. The minimum atomic E-state index is -0.972. The van der Waals surface area contributed by atoms with Gasteiger partial charge in [0.2, 0.25) is 5.91 Å². The summed E-state index contributed by atoms with van der Waals surface area (Å²) < 4.78 is 13.8. The number of ketones is 1. The van der Waals surface area contributed by atoms with Gasteiger partial charge in [0, 0.05) is 6.54 Å². The van der Waals surface area contributed by atoms with Gasteiger partial charge in [0.05, 0.1) is 16.3 Å². The Labute approximate surface area is 119 Å². The average molecular weight is 297 g/mol. The molecule has 0 fully saturated rings. The highest BCUT2D eigenvalue weighted by Gasteiger charge is 2.40. The zero-order valence-corrected chi connectivity index (χ0v) is 11.0. The Morgan fingerprint density at radius 3 is 2.80 bits per heavy atom. The van der Waals surface area contributed by atoms with E-state index in [9.17, 15) is 18.8 Å². The van der Waals surface area contributed by atoms with E-state index < -0.39 is 30.0 Å². The summed E-state index contributed by atoms with van der Waals surface area (Å²) in [7, 11) is 0. The standard InChI is InChI=1S/C13H10ClFN2O3/c1-2-5-16-9(18)6-17-11-8(15)4-3-7(14)10(11)12(19)13(17)20/h2-4H,1,5-6H2,(H,16,18). The summed E-state index contributed by atoms with van der Waals surface area (Å²) in [4.78, 5) is 36.0. The second kappa shape index (κ2) is 5.42. The molecule has 0 aromatic heterocycles. The van der Waals surface area contributed by atoms with Crippen LogP contribution in [0.25, 0.3) is 0 Å². The van der Waals surface area contributed by atoms with E-state index in [1.165, 1.54) is 12.1 Å². The van der Waals surface area contributed by atoms with Crippen molar-refractivity contribution in [2.75, 3.05) is 18.0 Å². The van der Waals surface area contributed by atoms with Crippen LogP contribution < -0.4 is 10.2 Å². The number of amides is 2. The summed E-state index contributed by atoms with van der Waals surface area (Å²) in [5, 5.41) is 2.42. The fourth-order valence-corrected chi connectivity index (χ4v) is 2.13. The van der Waals surface area contributed by atoms with Crippen LogP contribution in [0.15, 0.2) is 24.8 Å². The largest absolute Gasteiger partial charge is 0.351 e. The maximum absolute atomic E-state index is 13.8. The van der Waals surface area contributed by atoms with E-state index >= 15 is 0 Å². The zero-order valence-electron chi connectivity index (χ0n) is 10.3. The first-order valence-corrected chi connectivity index (χ1v) is 6.07. The molecule has 5 nitrogen and oxygen atoms in total. The van der Waals surface area contributed by atoms with Crippen LogP contribution in [0.5, 0.6) is 0 Å². The molecule has 0 spiro atoms. The Morgan fingerprint density at radius 1 is 1.45 bits per heavy atom. The second-order valence-corrected chi connectivity index (χ2v) is 4.47. The lowest BCUT2D eigenvalue weighted by Crippen LogP contribution is -2.40. The number of nitrogens with one attached hydrogen (secondary N) is 1. The molecule has 0 radical (unpaired) electrons. The third-order valence-electron chi connectivity index (χ3n) is 2.76. The molecule has 0 bridgehead atoms. The van der Waals surface area contributed by atoms with Crippen LogP contribution in [0.2, 0.25) is 5.02 Å². The third kappa shape index (κ3) is 2.30. The summed E-state index contributed by atoms with van der Waals surface area (Å²) in [5.74, 6) is -3.19. The van der Waals surface area contributed by atoms with Crippen LogP contribution in [-0.2, 0) is 9.59 Å². The first kappa shape index (κ1) is 14.2. The maximum atomic E-state index is 13.8. The van der Waals surface area contributed by atoms with E-state index in [-0.39, 0.29) is 22.8 Å². The number of anilines is 1. The molecule has 1 heterocycles. The number of hydrogen-bond donors (Lipinski definition) is 1. The molecule has 104 valence electrons. The van der Waals surface area contributed by atoms with Crippen LogP contribution in [0.4, 0.5) is 10.1 Å². The Bertz CT molecular complexity index is 630. The fraction of sp³-hybridized carbons (Fsp3) is 0.154. The van der Waals surface area contributed by atoms with Crippen LogP contribution in [0, 0.1) is 5.82 Å². The predicted octanol–water partition coefficient (Wildman–Crippen LogP) is 1.31. The monoisotopic (exact) mass is 296 g/mol. The molecule has 1 aliphatic heterocycles. The topological polar surface area (TPSA) is 66.5 Å². The molecule has 0 saturated carbocycles. The SMILES string of the molecule is C=CCNC(=O)CN1C(=O)C(=O)c2c(Cl)ccc(F)c21. The Morgan fingerprint density at radius 2 is 2.15 bits per heavy atom. The molecule has 1 aromatic rings. The van der Waals surface area contributed by atoms with Gasteiger partial charge in [-0.25, -0.2) is 4.39 Å². The van der Waals surface area contributed by atoms with Gasteiger partial charge in [0.25, 0.3) is 11.7 Å². The number of nitrogens with zero attached hydrogens (tertiary/aromatic N) is 1. The molecular weight excluding hydrogens is 287 g/mol. The number of carbonyl (C=O) groups is 3. The molecule has 0 unspecified atom stereocenters. The maximum Gasteiger partial charge on any atom is 0.300 e. The lowest BCUT2D eigenvalue weighted by Gasteiger charge is -2.16. The summed E-state index contributed by atoms with van der Waals surface area (Å²) in [5.41, 5.74) is -0.450. The summed E-state index contributed by atoms with van der Waals surface area (Å²) in [6.45, 7) is 3.18. The van der Waals surface area contributed by atoms with Gasteiger partial charge in [-0.1, -0.05) is 17.7 Å². The third-order valence-corrected chi connectivity index (χ3v) is 3.07. The minimum absolute atomic E-state index is 0.0197. The second-order valence-electron chi connectivity index (χ2n) is 4.07. The van der Waals surface area contributed by atoms with E-state index in [1.54, 1.807) is 0 Å². The van der Waals surface area contributed by atoms with Crippen molar-refractivity contribution in [2.45, 2.75) is 0 Å². The van der Waals surface area contributed by atoms with Gasteiger partial charge in [-0.15, -0.1) is 6.58 Å². The molecule has 0 saturated heterocycles. The minimum Gasteiger partial charge on any atom is -0.351 e. The number of fused-ring (bicyclic) bond motifs is 1. The van der Waals surface area contributed by atoms with Gasteiger partial charge in [-0.2, -0.15) is 0 Å². The van der Waals surface area contributed by atoms with Crippen molar-refractivity contribution in [3.05, 3.63) is 41.2 Å². The summed E-state index contributed by atoms with van der Waals surface area (Å²) >= 11 is 5.81. The van der Waals surface area contributed by atoms with Gasteiger partial charge in [0.1, 0.15) is 12.4 Å². The van der Waals surface area contributed by atoms with Crippen molar-refractivity contribution < 1.29 is 18.8 Å². The molecule has 0 aliphatic carbocycles. The van der Waals surface area contributed by atoms with Gasteiger partial charge in [-0.05, 0) is 12.1 Å². The average Bonchev–Trinajstić information content (AvgIpc) is 2.67. The lowest BCUT2D eigenvalue weighted by molar-refractivity contribution is -0.122. The first-order valence-electron chi connectivity index (χ1n) is 5.69. The van der Waals surface area contributed by atoms with Gasteiger partial charge < -0.3 is 5.32 Å². The van der Waals surface area contributed by atoms with Crippen molar-refractivity contribution >= 4 is 34.9 Å². The van der Waals surface area contributed by atoms with E-state index in [4.69, 9.17) is 11.6 Å². The predicted molar refractivity (Wildman–Crippen MR) is 71.3 cm³/mol. The molecule has 2 rings (SSSR count). The van der Waals surface area contributed by atoms with E-state index in [0.717, 1.165) is 11.0 Å². The van der Waals surface area contributed by atoms with E-state index in [1.807, 2.05) is 0 Å². The quantitative estimate of drug-likeness (QED) is 0.673. The van der Waals surface area contributed by atoms with Crippen molar-refractivity contribution in [2.24, 2.45) is 0 Å². The van der Waals surface area contributed by atoms with Crippen molar-refractivity contribution in [1.29, 1.82) is 0 Å². The highest BCUT2D eigenvalue weighted by Crippen LogP contribution is 2.36. The number of halogens is 2. The van der Waals surface area contributed by atoms with E-state index in [0.29, 0.717) is 0 Å². The van der Waals surface area contributed by atoms with Crippen molar-refractivity contribution in [3.63, 3.8) is 0 Å². The first-order chi connectivity index (χ1) is 9.47. The van der Waals surface area contributed by atoms with Crippen LogP contribution >= 0.6 is 11.6 Å². The molecule has 1 aliphatic rings. The molecule has 20 heavy (non-hydrogen) atoms. The number of rotatable bonds is 4. The number of hydrogen-bond acceptors (Lipinski definition) is 3. The lowest BCUT2D eigenvalue weighted by atomic mass is 10.1. The van der Waals surface area contributed by atoms with Crippen LogP contribution in [-0.4, -0.2) is 30.7 Å². The molecule has 0 atom stereocenters. The molecule has 1 N–H and O–H groups in total. The van der Waals surface area contributed by atoms with Gasteiger partial charge in [-0.3, -0.25) is 19.3 Å². The Balaban J connectivity index is 2.36. The highest BCUT2D eigenvalue weighted by atomic mass is 35.5. The van der Waals surface area contributed by atoms with Crippen LogP contribution in [0.1, 0.15) is 10.4 Å². The van der Waals surface area contributed by atoms with E-state index in [2.05, 4.69) is 11.9 Å². The van der Waals surface area contributed by atoms with Crippen molar-refractivity contribution in [3.8, 4) is 0 Å². The molecule has 2 amide bonds. The van der Waals surface area contributed by atoms with Crippen molar-refractivity contribution in [1.82, 2.24) is 5.32 Å². The smallest absolute Gasteiger partial charge is 0.300 e. The Kier molecular flexibility index (Phi) is 3.85. The van der Waals surface area contributed by atoms with Crippen LogP contribution in [0.3, 0.4) is 0 Å². The van der Waals surface area contributed by atoms with Gasteiger partial charge in [0.15, 0.2) is 0 Å².